The number of anilines is 1. The van der Waals surface area contributed by atoms with Crippen LogP contribution in [0.25, 0.3) is 0 Å². The summed E-state index contributed by atoms with van der Waals surface area (Å²) in [4.78, 5) is 4.94. The molecular weight excluding hydrogens is 266 g/mol. The fourth-order valence-corrected chi connectivity index (χ4v) is 3.37. The van der Waals surface area contributed by atoms with Gasteiger partial charge in [0.05, 0.1) is 0 Å². The minimum atomic E-state index is -0.459. The second kappa shape index (κ2) is 6.64. The van der Waals surface area contributed by atoms with Gasteiger partial charge in [-0.3, -0.25) is 9.80 Å². The number of β-amino-alcohol motifs (C(OH)–C–C–N with tert-alkyl or cyclic N) is 1. The highest BCUT2D eigenvalue weighted by Crippen LogP contribution is 2.21. The molecule has 0 bridgehead atoms. The summed E-state index contributed by atoms with van der Waals surface area (Å²) >= 11 is 0. The van der Waals surface area contributed by atoms with Gasteiger partial charge in [0.1, 0.15) is 18.5 Å². The zero-order valence-corrected chi connectivity index (χ0v) is 12.4. The first-order valence-electron chi connectivity index (χ1n) is 7.83. The molecule has 5 nitrogen and oxygen atoms in total. The van der Waals surface area contributed by atoms with Crippen molar-refractivity contribution in [2.75, 3.05) is 45.1 Å². The molecule has 3 N–H and O–H groups in total. The zero-order valence-electron chi connectivity index (χ0n) is 12.4. The topological polar surface area (TPSA) is 62.0 Å². The van der Waals surface area contributed by atoms with E-state index in [-0.39, 0.29) is 0 Å². The summed E-state index contributed by atoms with van der Waals surface area (Å²) in [5, 5.41) is 10.2. The third kappa shape index (κ3) is 3.87. The van der Waals surface area contributed by atoms with Crippen LogP contribution in [0.5, 0.6) is 5.75 Å². The number of fused-ring (bicyclic) bond motifs is 1. The number of hydrogen-bond acceptors (Lipinski definition) is 5. The quantitative estimate of drug-likeness (QED) is 0.785. The molecule has 2 atom stereocenters. The van der Waals surface area contributed by atoms with Crippen LogP contribution in [0.2, 0.25) is 0 Å². The molecule has 0 spiro atoms. The Labute approximate surface area is 126 Å². The lowest BCUT2D eigenvalue weighted by Gasteiger charge is -2.38. The third-order valence-electron chi connectivity index (χ3n) is 4.44. The summed E-state index contributed by atoms with van der Waals surface area (Å²) in [6, 6.07) is 8.02. The summed E-state index contributed by atoms with van der Waals surface area (Å²) in [5.74, 6) is 0.717. The van der Waals surface area contributed by atoms with Crippen molar-refractivity contribution < 1.29 is 9.84 Å². The second-order valence-electron chi connectivity index (χ2n) is 6.13. The maximum absolute atomic E-state index is 10.2. The lowest BCUT2D eigenvalue weighted by atomic mass is 10.1. The number of nitrogens with two attached hydrogens (primary N) is 1. The summed E-state index contributed by atoms with van der Waals surface area (Å²) in [5.41, 5.74) is 6.39. The van der Waals surface area contributed by atoms with Gasteiger partial charge in [0.2, 0.25) is 0 Å². The number of nitrogens with zero attached hydrogens (tertiary/aromatic N) is 2. The van der Waals surface area contributed by atoms with Crippen molar-refractivity contribution in [3.05, 3.63) is 24.3 Å². The number of hydrogen-bond donors (Lipinski definition) is 2. The number of nitrogen functional groups attached to an aromatic ring is 1. The van der Waals surface area contributed by atoms with Crippen molar-refractivity contribution in [2.45, 2.75) is 25.0 Å². The summed E-state index contributed by atoms with van der Waals surface area (Å²) < 4.78 is 5.61. The first-order chi connectivity index (χ1) is 10.2. The third-order valence-corrected chi connectivity index (χ3v) is 4.44. The van der Waals surface area contributed by atoms with Crippen molar-refractivity contribution in [1.29, 1.82) is 0 Å². The predicted octanol–water partition coefficient (Wildman–Crippen LogP) is 0.788. The molecule has 1 aromatic rings. The zero-order chi connectivity index (χ0) is 14.7. The fraction of sp³-hybridized carbons (Fsp3) is 0.625. The van der Waals surface area contributed by atoms with Crippen LogP contribution in [0.15, 0.2) is 24.3 Å². The largest absolute Gasteiger partial charge is 0.491 e. The van der Waals surface area contributed by atoms with E-state index >= 15 is 0 Å². The molecule has 0 aromatic heterocycles. The maximum Gasteiger partial charge on any atom is 0.121 e. The smallest absolute Gasteiger partial charge is 0.121 e. The fourth-order valence-electron chi connectivity index (χ4n) is 3.37. The van der Waals surface area contributed by atoms with E-state index in [9.17, 15) is 5.11 Å². The van der Waals surface area contributed by atoms with E-state index in [2.05, 4.69) is 9.80 Å². The van der Waals surface area contributed by atoms with Gasteiger partial charge < -0.3 is 15.6 Å². The highest BCUT2D eigenvalue weighted by molar-refractivity contribution is 5.43. The van der Waals surface area contributed by atoms with Gasteiger partial charge in [-0.2, -0.15) is 0 Å². The second-order valence-corrected chi connectivity index (χ2v) is 6.13. The molecule has 2 heterocycles. The molecule has 2 fully saturated rings. The number of aliphatic hydroxyl groups excluding tert-OH is 1. The van der Waals surface area contributed by atoms with E-state index in [4.69, 9.17) is 10.5 Å². The molecular formula is C16H25N3O2. The van der Waals surface area contributed by atoms with E-state index in [1.807, 2.05) is 18.2 Å². The molecule has 21 heavy (non-hydrogen) atoms. The van der Waals surface area contributed by atoms with Crippen molar-refractivity contribution in [2.24, 2.45) is 0 Å². The Hall–Kier alpha value is -1.30. The molecule has 0 radical (unpaired) electrons. The van der Waals surface area contributed by atoms with Gasteiger partial charge >= 0.3 is 0 Å². The Balaban J connectivity index is 1.43. The van der Waals surface area contributed by atoms with Gasteiger partial charge in [0.15, 0.2) is 0 Å². The molecule has 5 heteroatoms. The maximum atomic E-state index is 10.2. The SMILES string of the molecule is Nc1cccc(OCC(O)CN2CCN3CCCC3C2)c1. The van der Waals surface area contributed by atoms with Crippen molar-refractivity contribution >= 4 is 5.69 Å². The highest BCUT2D eigenvalue weighted by atomic mass is 16.5. The van der Waals surface area contributed by atoms with Gasteiger partial charge in [-0.05, 0) is 31.5 Å². The van der Waals surface area contributed by atoms with Gasteiger partial charge in [-0.1, -0.05) is 6.07 Å². The Morgan fingerprint density at radius 3 is 3.10 bits per heavy atom. The molecule has 2 saturated heterocycles. The molecule has 3 rings (SSSR count). The Morgan fingerprint density at radius 2 is 2.24 bits per heavy atom. The first-order valence-corrected chi connectivity index (χ1v) is 7.83. The minimum Gasteiger partial charge on any atom is -0.491 e. The van der Waals surface area contributed by atoms with Gasteiger partial charge in [0.25, 0.3) is 0 Å². The molecule has 2 aliphatic heterocycles. The van der Waals surface area contributed by atoms with E-state index < -0.39 is 6.10 Å². The van der Waals surface area contributed by atoms with Crippen molar-refractivity contribution in [3.63, 3.8) is 0 Å². The molecule has 0 amide bonds. The van der Waals surface area contributed by atoms with Gasteiger partial charge in [-0.15, -0.1) is 0 Å². The van der Waals surface area contributed by atoms with Crippen LogP contribution >= 0.6 is 0 Å². The predicted molar refractivity (Wildman–Crippen MR) is 83.4 cm³/mol. The normalized spacial score (nSPS) is 24.7. The average molecular weight is 291 g/mol. The van der Waals surface area contributed by atoms with Crippen LogP contribution < -0.4 is 10.5 Å². The van der Waals surface area contributed by atoms with Gasteiger partial charge in [0, 0.05) is 44.0 Å². The first kappa shape index (κ1) is 14.6. The number of ether oxygens (including phenoxy) is 1. The molecule has 2 unspecified atom stereocenters. The van der Waals surface area contributed by atoms with Crippen LogP contribution in [0.1, 0.15) is 12.8 Å². The van der Waals surface area contributed by atoms with Crippen molar-refractivity contribution in [1.82, 2.24) is 9.80 Å². The molecule has 0 aliphatic carbocycles. The Morgan fingerprint density at radius 1 is 1.33 bits per heavy atom. The Bertz CT molecular complexity index is 469. The Kier molecular flexibility index (Phi) is 4.63. The van der Waals surface area contributed by atoms with Gasteiger partial charge in [-0.25, -0.2) is 0 Å². The number of aliphatic hydroxyl groups is 1. The average Bonchev–Trinajstić information content (AvgIpc) is 2.93. The van der Waals surface area contributed by atoms with Crippen LogP contribution in [0, 0.1) is 0 Å². The van der Waals surface area contributed by atoms with E-state index in [1.54, 1.807) is 6.07 Å². The van der Waals surface area contributed by atoms with E-state index in [0.29, 0.717) is 24.9 Å². The number of rotatable bonds is 5. The highest BCUT2D eigenvalue weighted by Gasteiger charge is 2.31. The van der Waals surface area contributed by atoms with E-state index in [0.717, 1.165) is 25.4 Å². The van der Waals surface area contributed by atoms with E-state index in [1.165, 1.54) is 19.4 Å². The molecule has 2 aliphatic rings. The summed E-state index contributed by atoms with van der Waals surface area (Å²) in [6.45, 7) is 5.51. The number of benzene rings is 1. The molecule has 0 saturated carbocycles. The van der Waals surface area contributed by atoms with Crippen LogP contribution in [-0.2, 0) is 0 Å². The lowest BCUT2D eigenvalue weighted by molar-refractivity contribution is 0.0355. The molecule has 1 aromatic carbocycles. The lowest BCUT2D eigenvalue weighted by Crippen LogP contribution is -2.52. The van der Waals surface area contributed by atoms with Crippen LogP contribution in [-0.4, -0.2) is 66.4 Å². The van der Waals surface area contributed by atoms with Crippen LogP contribution in [0.4, 0.5) is 5.69 Å². The monoisotopic (exact) mass is 291 g/mol. The number of piperazine rings is 1. The molecule has 116 valence electrons. The summed E-state index contributed by atoms with van der Waals surface area (Å²) in [6.07, 6.45) is 2.16. The van der Waals surface area contributed by atoms with Crippen molar-refractivity contribution in [3.8, 4) is 5.75 Å². The van der Waals surface area contributed by atoms with Crippen LogP contribution in [0.3, 0.4) is 0 Å². The minimum absolute atomic E-state index is 0.314. The standard InChI is InChI=1S/C16H25N3O2/c17-13-3-1-5-16(9-13)21-12-15(20)11-18-7-8-19-6-2-4-14(19)10-18/h1,3,5,9,14-15,20H,2,4,6-8,10-12,17H2. The summed E-state index contributed by atoms with van der Waals surface area (Å²) in [7, 11) is 0.